The highest BCUT2D eigenvalue weighted by Gasteiger charge is 2.33. The van der Waals surface area contributed by atoms with Gasteiger partial charge >= 0.3 is 0 Å². The van der Waals surface area contributed by atoms with E-state index < -0.39 is 6.04 Å². The summed E-state index contributed by atoms with van der Waals surface area (Å²) in [5.74, 6) is -0.914. The number of carbonyl (C=O) groups is 3. The smallest absolute Gasteiger partial charge is 0.252 e. The molecular weight excluding hydrogens is 414 g/mol. The molecule has 4 rings (SSSR count). The molecule has 6 nitrogen and oxygen atoms in total. The molecule has 2 unspecified atom stereocenters. The van der Waals surface area contributed by atoms with E-state index >= 15 is 0 Å². The Morgan fingerprint density at radius 3 is 2.09 bits per heavy atom. The van der Waals surface area contributed by atoms with Crippen LogP contribution < -0.4 is 10.6 Å². The minimum absolute atomic E-state index is 0.0942. The van der Waals surface area contributed by atoms with Gasteiger partial charge in [0.1, 0.15) is 6.04 Å². The highest BCUT2D eigenvalue weighted by atomic mass is 16.2. The van der Waals surface area contributed by atoms with E-state index in [0.29, 0.717) is 24.2 Å². The van der Waals surface area contributed by atoms with E-state index in [1.807, 2.05) is 66.7 Å². The fourth-order valence-electron chi connectivity index (χ4n) is 4.08. The Balaban J connectivity index is 1.49. The van der Waals surface area contributed by atoms with Crippen LogP contribution in [0.1, 0.15) is 34.8 Å². The average molecular weight is 442 g/mol. The third-order valence-electron chi connectivity index (χ3n) is 5.84. The molecule has 3 aromatic carbocycles. The fraction of sp³-hybridized carbons (Fsp3) is 0.222. The summed E-state index contributed by atoms with van der Waals surface area (Å²) in [5.41, 5.74) is 1.94. The zero-order valence-corrected chi connectivity index (χ0v) is 18.3. The van der Waals surface area contributed by atoms with Crippen LogP contribution in [0.4, 0.5) is 5.69 Å². The lowest BCUT2D eigenvalue weighted by Gasteiger charge is -2.34. The summed E-state index contributed by atoms with van der Waals surface area (Å²) in [5, 5.41) is 5.84. The molecule has 3 aromatic rings. The van der Waals surface area contributed by atoms with Gasteiger partial charge in [0.05, 0.1) is 5.92 Å². The first-order valence-electron chi connectivity index (χ1n) is 11.2. The topological polar surface area (TPSA) is 78.5 Å². The van der Waals surface area contributed by atoms with Gasteiger partial charge in [-0.15, -0.1) is 0 Å². The Hall–Kier alpha value is -3.93. The quantitative estimate of drug-likeness (QED) is 0.606. The van der Waals surface area contributed by atoms with Gasteiger partial charge in [0.2, 0.25) is 11.8 Å². The minimum atomic E-state index is -0.824. The van der Waals surface area contributed by atoms with Crippen LogP contribution in [0.5, 0.6) is 0 Å². The highest BCUT2D eigenvalue weighted by Crippen LogP contribution is 2.23. The van der Waals surface area contributed by atoms with E-state index in [9.17, 15) is 14.4 Å². The third kappa shape index (κ3) is 5.66. The molecule has 0 aliphatic carbocycles. The summed E-state index contributed by atoms with van der Waals surface area (Å²) in [7, 11) is 0. The molecule has 1 fully saturated rings. The number of carbonyl (C=O) groups excluding carboxylic acids is 3. The van der Waals surface area contributed by atoms with Gasteiger partial charge in [0, 0.05) is 24.3 Å². The number of nitrogens with one attached hydrogen (secondary N) is 2. The van der Waals surface area contributed by atoms with Gasteiger partial charge in [-0.3, -0.25) is 14.4 Å². The molecule has 0 aromatic heterocycles. The van der Waals surface area contributed by atoms with E-state index in [2.05, 4.69) is 10.6 Å². The van der Waals surface area contributed by atoms with Crippen LogP contribution in [0.25, 0.3) is 0 Å². The highest BCUT2D eigenvalue weighted by molar-refractivity contribution is 5.98. The molecule has 0 bridgehead atoms. The number of nitrogens with zero attached hydrogens (tertiary/aromatic N) is 1. The Bertz CT molecular complexity index is 1090. The molecule has 0 spiro atoms. The van der Waals surface area contributed by atoms with Crippen LogP contribution in [0.15, 0.2) is 91.0 Å². The van der Waals surface area contributed by atoms with Gasteiger partial charge in [-0.1, -0.05) is 66.7 Å². The summed E-state index contributed by atoms with van der Waals surface area (Å²) in [6.45, 7) is 0.876. The lowest BCUT2D eigenvalue weighted by molar-refractivity contribution is -0.136. The van der Waals surface area contributed by atoms with E-state index in [1.54, 1.807) is 29.2 Å². The Labute approximate surface area is 193 Å². The van der Waals surface area contributed by atoms with Crippen molar-refractivity contribution in [1.29, 1.82) is 0 Å². The van der Waals surface area contributed by atoms with Crippen LogP contribution >= 0.6 is 0 Å². The summed E-state index contributed by atoms with van der Waals surface area (Å²) >= 11 is 0. The SMILES string of the molecule is O=C(NC(C(=O)N1CCCC(C(=O)Nc2ccccc2)C1)c1ccccc1)c1ccccc1. The summed E-state index contributed by atoms with van der Waals surface area (Å²) in [6, 6.07) is 26.5. The molecule has 1 heterocycles. The van der Waals surface area contributed by atoms with Gasteiger partial charge in [0.15, 0.2) is 0 Å². The van der Waals surface area contributed by atoms with Gasteiger partial charge < -0.3 is 15.5 Å². The van der Waals surface area contributed by atoms with Crippen molar-refractivity contribution in [2.75, 3.05) is 18.4 Å². The van der Waals surface area contributed by atoms with Crippen molar-refractivity contribution >= 4 is 23.4 Å². The van der Waals surface area contributed by atoms with Crippen molar-refractivity contribution in [2.45, 2.75) is 18.9 Å². The maximum absolute atomic E-state index is 13.6. The summed E-state index contributed by atoms with van der Waals surface area (Å²) in [4.78, 5) is 40.9. The van der Waals surface area contributed by atoms with Crippen molar-refractivity contribution in [1.82, 2.24) is 10.2 Å². The largest absolute Gasteiger partial charge is 0.340 e. The number of hydrogen-bond acceptors (Lipinski definition) is 3. The van der Waals surface area contributed by atoms with Crippen LogP contribution in [0.3, 0.4) is 0 Å². The fourth-order valence-corrected chi connectivity index (χ4v) is 4.08. The molecule has 0 saturated carbocycles. The molecule has 2 atom stereocenters. The molecular formula is C27H27N3O3. The van der Waals surface area contributed by atoms with Crippen LogP contribution in [-0.4, -0.2) is 35.7 Å². The first kappa shape index (κ1) is 22.3. The maximum atomic E-state index is 13.6. The maximum Gasteiger partial charge on any atom is 0.252 e. The van der Waals surface area contributed by atoms with Crippen LogP contribution in [0.2, 0.25) is 0 Å². The van der Waals surface area contributed by atoms with Crippen molar-refractivity contribution < 1.29 is 14.4 Å². The second kappa shape index (κ2) is 10.6. The molecule has 1 aliphatic rings. The lowest BCUT2D eigenvalue weighted by Crippen LogP contribution is -2.48. The zero-order valence-electron chi connectivity index (χ0n) is 18.3. The number of anilines is 1. The molecule has 3 amide bonds. The summed E-state index contributed by atoms with van der Waals surface area (Å²) in [6.07, 6.45) is 1.45. The monoisotopic (exact) mass is 441 g/mol. The molecule has 2 N–H and O–H groups in total. The average Bonchev–Trinajstić information content (AvgIpc) is 2.88. The van der Waals surface area contributed by atoms with Crippen LogP contribution in [-0.2, 0) is 9.59 Å². The number of likely N-dealkylation sites (tertiary alicyclic amines) is 1. The number of para-hydroxylation sites is 1. The zero-order chi connectivity index (χ0) is 23.0. The predicted octanol–water partition coefficient (Wildman–Crippen LogP) is 4.04. The third-order valence-corrected chi connectivity index (χ3v) is 5.84. The normalized spacial score (nSPS) is 16.5. The summed E-state index contributed by atoms with van der Waals surface area (Å²) < 4.78 is 0. The van der Waals surface area contributed by atoms with E-state index in [4.69, 9.17) is 0 Å². The van der Waals surface area contributed by atoms with Crippen molar-refractivity contribution in [3.8, 4) is 0 Å². The van der Waals surface area contributed by atoms with E-state index in [0.717, 1.165) is 18.5 Å². The second-order valence-corrected chi connectivity index (χ2v) is 8.16. The Kier molecular flexibility index (Phi) is 7.15. The first-order valence-corrected chi connectivity index (χ1v) is 11.2. The van der Waals surface area contributed by atoms with Gasteiger partial charge in [-0.25, -0.2) is 0 Å². The standard InChI is InChI=1S/C27H27N3O3/c31-25(21-13-6-2-7-14-21)29-24(20-11-4-1-5-12-20)27(33)30-18-10-15-22(19-30)26(32)28-23-16-8-3-9-17-23/h1-9,11-14,16-17,22,24H,10,15,18-19H2,(H,28,32)(H,29,31). The Morgan fingerprint density at radius 1 is 0.818 bits per heavy atom. The molecule has 33 heavy (non-hydrogen) atoms. The number of benzene rings is 3. The van der Waals surface area contributed by atoms with Crippen molar-refractivity contribution in [2.24, 2.45) is 5.92 Å². The number of piperidine rings is 1. The lowest BCUT2D eigenvalue weighted by atomic mass is 9.95. The second-order valence-electron chi connectivity index (χ2n) is 8.16. The van der Waals surface area contributed by atoms with Crippen LogP contribution in [0, 0.1) is 5.92 Å². The minimum Gasteiger partial charge on any atom is -0.340 e. The molecule has 0 radical (unpaired) electrons. The van der Waals surface area contributed by atoms with Crippen molar-refractivity contribution in [3.05, 3.63) is 102 Å². The van der Waals surface area contributed by atoms with E-state index in [-0.39, 0.29) is 23.6 Å². The number of rotatable bonds is 6. The predicted molar refractivity (Wildman–Crippen MR) is 127 cm³/mol. The molecule has 6 heteroatoms. The molecule has 1 aliphatic heterocycles. The number of hydrogen-bond donors (Lipinski definition) is 2. The Morgan fingerprint density at radius 2 is 1.42 bits per heavy atom. The molecule has 168 valence electrons. The van der Waals surface area contributed by atoms with Gasteiger partial charge in [-0.2, -0.15) is 0 Å². The van der Waals surface area contributed by atoms with Crippen molar-refractivity contribution in [3.63, 3.8) is 0 Å². The van der Waals surface area contributed by atoms with E-state index in [1.165, 1.54) is 0 Å². The van der Waals surface area contributed by atoms with Gasteiger partial charge in [-0.05, 0) is 42.7 Å². The molecule has 1 saturated heterocycles. The van der Waals surface area contributed by atoms with Gasteiger partial charge in [0.25, 0.3) is 5.91 Å². The number of amides is 3. The first-order chi connectivity index (χ1) is 16.1.